The van der Waals surface area contributed by atoms with Crippen LogP contribution in [0.1, 0.15) is 56.0 Å². The summed E-state index contributed by atoms with van der Waals surface area (Å²) in [5.41, 5.74) is 7.18. The molecule has 1 saturated carbocycles. The normalized spacial score (nSPS) is 28.7. The molecule has 4 heteroatoms. The second-order valence-electron chi connectivity index (χ2n) is 5.97. The predicted octanol–water partition coefficient (Wildman–Crippen LogP) is 3.10. The first-order chi connectivity index (χ1) is 8.69. The second kappa shape index (κ2) is 4.82. The van der Waals surface area contributed by atoms with Gasteiger partial charge < -0.3 is 10.6 Å². The second-order valence-corrected chi connectivity index (χ2v) is 7.03. The minimum absolute atomic E-state index is 0.630. The Morgan fingerprint density at radius 1 is 1.28 bits per heavy atom. The molecule has 2 aliphatic rings. The Labute approximate surface area is 113 Å². The minimum Gasteiger partial charge on any atom is -0.345 e. The molecule has 1 aromatic heterocycles. The summed E-state index contributed by atoms with van der Waals surface area (Å²) in [5.74, 6) is 1.50. The highest BCUT2D eigenvalue weighted by Gasteiger charge is 2.32. The molecular weight excluding hydrogens is 242 g/mol. The number of thiazole rings is 1. The monoisotopic (exact) mass is 265 g/mol. The van der Waals surface area contributed by atoms with Crippen LogP contribution in [0.4, 0.5) is 5.13 Å². The van der Waals surface area contributed by atoms with Gasteiger partial charge in [0.15, 0.2) is 5.13 Å². The van der Waals surface area contributed by atoms with Gasteiger partial charge in [-0.1, -0.05) is 6.92 Å². The lowest BCUT2D eigenvalue weighted by molar-refractivity contribution is 0.390. The summed E-state index contributed by atoms with van der Waals surface area (Å²) in [6.45, 7) is 6.48. The van der Waals surface area contributed by atoms with Crippen molar-refractivity contribution in [2.45, 2.75) is 58.0 Å². The van der Waals surface area contributed by atoms with Crippen molar-refractivity contribution in [1.82, 2.24) is 4.98 Å². The van der Waals surface area contributed by atoms with E-state index >= 15 is 0 Å². The number of anilines is 1. The number of aromatic nitrogens is 1. The van der Waals surface area contributed by atoms with Crippen LogP contribution in [0, 0.1) is 5.92 Å². The van der Waals surface area contributed by atoms with Gasteiger partial charge in [-0.25, -0.2) is 4.98 Å². The SMILES string of the molecule is CC1CCC(C)N(c2nc(C3CC3)c(CN)s2)C1. The fourth-order valence-corrected chi connectivity index (χ4v) is 3.99. The molecule has 3 nitrogen and oxygen atoms in total. The molecule has 0 aromatic carbocycles. The molecule has 3 rings (SSSR count). The molecule has 1 aromatic rings. The molecule has 0 amide bonds. The molecule has 2 heterocycles. The van der Waals surface area contributed by atoms with Gasteiger partial charge in [0.2, 0.25) is 0 Å². The molecule has 2 fully saturated rings. The van der Waals surface area contributed by atoms with Crippen LogP contribution in [-0.2, 0) is 6.54 Å². The summed E-state index contributed by atoms with van der Waals surface area (Å²) in [7, 11) is 0. The van der Waals surface area contributed by atoms with E-state index < -0.39 is 0 Å². The first-order valence-electron chi connectivity index (χ1n) is 7.15. The van der Waals surface area contributed by atoms with E-state index in [9.17, 15) is 0 Å². The van der Waals surface area contributed by atoms with Gasteiger partial charge in [-0.05, 0) is 38.5 Å². The summed E-state index contributed by atoms with van der Waals surface area (Å²) in [6.07, 6.45) is 5.25. The number of nitrogens with two attached hydrogens (primary N) is 1. The summed E-state index contributed by atoms with van der Waals surface area (Å²) in [6, 6.07) is 0.630. The maximum Gasteiger partial charge on any atom is 0.186 e. The van der Waals surface area contributed by atoms with Crippen molar-refractivity contribution in [2.75, 3.05) is 11.4 Å². The summed E-state index contributed by atoms with van der Waals surface area (Å²) >= 11 is 1.83. The van der Waals surface area contributed by atoms with Crippen LogP contribution < -0.4 is 10.6 Å². The zero-order valence-corrected chi connectivity index (χ0v) is 12.2. The fourth-order valence-electron chi connectivity index (χ4n) is 2.85. The number of piperidine rings is 1. The van der Waals surface area contributed by atoms with Crippen LogP contribution in [0.5, 0.6) is 0 Å². The van der Waals surface area contributed by atoms with E-state index in [-0.39, 0.29) is 0 Å². The van der Waals surface area contributed by atoms with Crippen LogP contribution in [0.3, 0.4) is 0 Å². The summed E-state index contributed by atoms with van der Waals surface area (Å²) in [5, 5.41) is 1.22. The summed E-state index contributed by atoms with van der Waals surface area (Å²) in [4.78, 5) is 8.74. The third-order valence-electron chi connectivity index (χ3n) is 4.23. The van der Waals surface area contributed by atoms with Gasteiger partial charge in [0.1, 0.15) is 0 Å². The Bertz CT molecular complexity index is 425. The van der Waals surface area contributed by atoms with E-state index in [4.69, 9.17) is 10.7 Å². The van der Waals surface area contributed by atoms with Gasteiger partial charge in [0.05, 0.1) is 5.69 Å². The van der Waals surface area contributed by atoms with E-state index in [1.54, 1.807) is 0 Å². The number of hydrogen-bond donors (Lipinski definition) is 1. The number of rotatable bonds is 3. The van der Waals surface area contributed by atoms with E-state index in [1.807, 2.05) is 11.3 Å². The standard InChI is InChI=1S/C14H23N3S/c1-9-3-4-10(2)17(8-9)14-16-13(11-5-6-11)12(7-15)18-14/h9-11H,3-8,15H2,1-2H3. The van der Waals surface area contributed by atoms with E-state index in [1.165, 1.54) is 41.4 Å². The zero-order chi connectivity index (χ0) is 12.7. The third kappa shape index (κ3) is 2.28. The van der Waals surface area contributed by atoms with Gasteiger partial charge in [-0.15, -0.1) is 11.3 Å². The molecule has 100 valence electrons. The highest BCUT2D eigenvalue weighted by molar-refractivity contribution is 7.15. The number of nitrogens with zero attached hydrogens (tertiary/aromatic N) is 2. The molecule has 1 saturated heterocycles. The van der Waals surface area contributed by atoms with Crippen molar-refractivity contribution in [1.29, 1.82) is 0 Å². The zero-order valence-electron chi connectivity index (χ0n) is 11.4. The van der Waals surface area contributed by atoms with Gasteiger partial charge >= 0.3 is 0 Å². The maximum atomic E-state index is 5.87. The third-order valence-corrected chi connectivity index (χ3v) is 5.36. The highest BCUT2D eigenvalue weighted by atomic mass is 32.1. The van der Waals surface area contributed by atoms with Crippen molar-refractivity contribution < 1.29 is 0 Å². The van der Waals surface area contributed by atoms with Gasteiger partial charge in [0.25, 0.3) is 0 Å². The number of hydrogen-bond acceptors (Lipinski definition) is 4. The van der Waals surface area contributed by atoms with Gasteiger partial charge in [-0.3, -0.25) is 0 Å². The lowest BCUT2D eigenvalue weighted by Crippen LogP contribution is -2.41. The quantitative estimate of drug-likeness (QED) is 0.913. The molecule has 0 spiro atoms. The van der Waals surface area contributed by atoms with Crippen LogP contribution in [-0.4, -0.2) is 17.6 Å². The average Bonchev–Trinajstić information content (AvgIpc) is 3.12. The molecule has 0 bridgehead atoms. The summed E-state index contributed by atoms with van der Waals surface area (Å²) < 4.78 is 0. The first kappa shape index (κ1) is 12.4. The molecule has 2 unspecified atom stereocenters. The lowest BCUT2D eigenvalue weighted by Gasteiger charge is -2.36. The minimum atomic E-state index is 0.630. The van der Waals surface area contributed by atoms with Crippen molar-refractivity contribution >= 4 is 16.5 Å². The largest absolute Gasteiger partial charge is 0.345 e. The van der Waals surface area contributed by atoms with Crippen LogP contribution >= 0.6 is 11.3 Å². The Morgan fingerprint density at radius 3 is 2.72 bits per heavy atom. The average molecular weight is 265 g/mol. The molecule has 1 aliphatic carbocycles. The molecular formula is C14H23N3S. The molecule has 1 aliphatic heterocycles. The Balaban J connectivity index is 1.86. The smallest absolute Gasteiger partial charge is 0.186 e. The van der Waals surface area contributed by atoms with E-state index in [0.29, 0.717) is 18.5 Å². The highest BCUT2D eigenvalue weighted by Crippen LogP contribution is 2.44. The van der Waals surface area contributed by atoms with Crippen molar-refractivity contribution in [3.8, 4) is 0 Å². The Kier molecular flexibility index (Phi) is 3.32. The van der Waals surface area contributed by atoms with Crippen LogP contribution in [0.25, 0.3) is 0 Å². The van der Waals surface area contributed by atoms with Crippen molar-refractivity contribution in [3.05, 3.63) is 10.6 Å². The van der Waals surface area contributed by atoms with Crippen molar-refractivity contribution in [3.63, 3.8) is 0 Å². The van der Waals surface area contributed by atoms with Gasteiger partial charge in [-0.2, -0.15) is 0 Å². The Morgan fingerprint density at radius 2 is 2.06 bits per heavy atom. The molecule has 2 atom stereocenters. The molecule has 18 heavy (non-hydrogen) atoms. The van der Waals surface area contributed by atoms with E-state index in [2.05, 4.69) is 18.7 Å². The van der Waals surface area contributed by atoms with Crippen LogP contribution in [0.2, 0.25) is 0 Å². The van der Waals surface area contributed by atoms with Gasteiger partial charge in [0, 0.05) is 29.9 Å². The topological polar surface area (TPSA) is 42.2 Å². The lowest BCUT2D eigenvalue weighted by atomic mass is 9.96. The van der Waals surface area contributed by atoms with Crippen molar-refractivity contribution in [2.24, 2.45) is 11.7 Å². The fraction of sp³-hybridized carbons (Fsp3) is 0.786. The maximum absolute atomic E-state index is 5.87. The first-order valence-corrected chi connectivity index (χ1v) is 7.97. The van der Waals surface area contributed by atoms with E-state index in [0.717, 1.165) is 12.5 Å². The Hall–Kier alpha value is -0.610. The van der Waals surface area contributed by atoms with Crippen LogP contribution in [0.15, 0.2) is 0 Å². The predicted molar refractivity (Wildman–Crippen MR) is 77.2 cm³/mol. The molecule has 0 radical (unpaired) electrons. The molecule has 2 N–H and O–H groups in total.